The molecular formula is C12H19N3O4. The highest BCUT2D eigenvalue weighted by molar-refractivity contribution is 5.86. The second-order valence-corrected chi connectivity index (χ2v) is 4.63. The van der Waals surface area contributed by atoms with Gasteiger partial charge in [-0.3, -0.25) is 4.79 Å². The second-order valence-electron chi connectivity index (χ2n) is 4.63. The van der Waals surface area contributed by atoms with Gasteiger partial charge in [-0.15, -0.1) is 0 Å². The van der Waals surface area contributed by atoms with Gasteiger partial charge in [-0.2, -0.15) is 4.98 Å². The third-order valence-electron chi connectivity index (χ3n) is 2.96. The van der Waals surface area contributed by atoms with Gasteiger partial charge in [-0.05, 0) is 26.7 Å². The third-order valence-corrected chi connectivity index (χ3v) is 2.96. The lowest BCUT2D eigenvalue weighted by atomic mass is 9.99. The van der Waals surface area contributed by atoms with Crippen molar-refractivity contribution in [3.8, 4) is 0 Å². The highest BCUT2D eigenvalue weighted by Gasteiger charge is 2.32. The molecule has 0 saturated carbocycles. The molecule has 0 aliphatic rings. The average Bonchev–Trinajstić information content (AvgIpc) is 2.74. The van der Waals surface area contributed by atoms with E-state index in [2.05, 4.69) is 15.5 Å². The van der Waals surface area contributed by atoms with Crippen LogP contribution >= 0.6 is 0 Å². The lowest BCUT2D eigenvalue weighted by Gasteiger charge is -2.24. The van der Waals surface area contributed by atoms with Crippen LogP contribution in [0.25, 0.3) is 0 Å². The molecule has 0 aromatic carbocycles. The summed E-state index contributed by atoms with van der Waals surface area (Å²) in [5.41, 5.74) is -1.21. The number of nitrogens with zero attached hydrogens (tertiary/aromatic N) is 2. The Labute approximate surface area is 111 Å². The van der Waals surface area contributed by atoms with Gasteiger partial charge in [0.15, 0.2) is 5.82 Å². The molecule has 1 amide bonds. The van der Waals surface area contributed by atoms with Crippen molar-refractivity contribution in [2.45, 2.75) is 52.0 Å². The monoisotopic (exact) mass is 269 g/mol. The number of carboxylic acids is 1. The third kappa shape index (κ3) is 4.35. The molecule has 106 valence electrons. The molecule has 1 aromatic heterocycles. The van der Waals surface area contributed by atoms with E-state index in [1.165, 1.54) is 6.92 Å². The predicted molar refractivity (Wildman–Crippen MR) is 66.4 cm³/mol. The van der Waals surface area contributed by atoms with Gasteiger partial charge in [0.1, 0.15) is 5.54 Å². The zero-order valence-corrected chi connectivity index (χ0v) is 11.4. The standard InChI is InChI=1S/C12H19N3O4/c1-4-12(3,11(17)18)14-9(16)6-5-7-10-13-8(2)15-19-10/h4-7H2,1-3H3,(H,14,16)(H,17,18). The predicted octanol–water partition coefficient (Wildman–Crippen LogP) is 1.07. The Kier molecular flexibility index (Phi) is 5.02. The van der Waals surface area contributed by atoms with Crippen molar-refractivity contribution < 1.29 is 19.2 Å². The molecule has 0 fully saturated rings. The first-order chi connectivity index (χ1) is 8.87. The Hall–Kier alpha value is -1.92. The molecule has 19 heavy (non-hydrogen) atoms. The van der Waals surface area contributed by atoms with Crippen LogP contribution in [0.5, 0.6) is 0 Å². The zero-order chi connectivity index (χ0) is 14.5. The van der Waals surface area contributed by atoms with Crippen molar-refractivity contribution >= 4 is 11.9 Å². The van der Waals surface area contributed by atoms with Crippen LogP contribution in [0.2, 0.25) is 0 Å². The smallest absolute Gasteiger partial charge is 0.329 e. The first-order valence-electron chi connectivity index (χ1n) is 6.21. The number of aromatic nitrogens is 2. The van der Waals surface area contributed by atoms with Crippen LogP contribution in [-0.2, 0) is 16.0 Å². The molecule has 7 nitrogen and oxygen atoms in total. The van der Waals surface area contributed by atoms with Crippen LogP contribution in [0.3, 0.4) is 0 Å². The summed E-state index contributed by atoms with van der Waals surface area (Å²) < 4.78 is 4.92. The van der Waals surface area contributed by atoms with Crippen molar-refractivity contribution in [1.29, 1.82) is 0 Å². The fourth-order valence-corrected chi connectivity index (χ4v) is 1.51. The lowest BCUT2D eigenvalue weighted by molar-refractivity contribution is -0.147. The highest BCUT2D eigenvalue weighted by atomic mass is 16.5. The number of aryl methyl sites for hydroxylation is 2. The van der Waals surface area contributed by atoms with E-state index in [0.717, 1.165) is 0 Å². The molecule has 1 heterocycles. The highest BCUT2D eigenvalue weighted by Crippen LogP contribution is 2.10. The van der Waals surface area contributed by atoms with E-state index in [9.17, 15) is 9.59 Å². The molecule has 1 unspecified atom stereocenters. The van der Waals surface area contributed by atoms with E-state index in [-0.39, 0.29) is 12.3 Å². The van der Waals surface area contributed by atoms with Crippen LogP contribution in [0.4, 0.5) is 0 Å². The minimum Gasteiger partial charge on any atom is -0.480 e. The van der Waals surface area contributed by atoms with Crippen LogP contribution in [0.1, 0.15) is 44.8 Å². The Morgan fingerprint density at radius 1 is 1.47 bits per heavy atom. The van der Waals surface area contributed by atoms with Crippen LogP contribution in [0.15, 0.2) is 4.52 Å². The van der Waals surface area contributed by atoms with E-state index in [4.69, 9.17) is 9.63 Å². The fourth-order valence-electron chi connectivity index (χ4n) is 1.51. The largest absolute Gasteiger partial charge is 0.480 e. The van der Waals surface area contributed by atoms with Gasteiger partial charge in [-0.1, -0.05) is 12.1 Å². The number of carbonyl (C=O) groups excluding carboxylic acids is 1. The summed E-state index contributed by atoms with van der Waals surface area (Å²) in [6.07, 6.45) is 1.60. The minimum atomic E-state index is -1.21. The van der Waals surface area contributed by atoms with Gasteiger partial charge >= 0.3 is 5.97 Å². The quantitative estimate of drug-likeness (QED) is 0.767. The summed E-state index contributed by atoms with van der Waals surface area (Å²) in [5, 5.41) is 15.2. The van der Waals surface area contributed by atoms with Crippen molar-refractivity contribution in [2.75, 3.05) is 0 Å². The molecule has 0 saturated heterocycles. The van der Waals surface area contributed by atoms with E-state index in [1.54, 1.807) is 13.8 Å². The van der Waals surface area contributed by atoms with Gasteiger partial charge in [0.2, 0.25) is 11.8 Å². The van der Waals surface area contributed by atoms with Crippen LogP contribution in [0, 0.1) is 6.92 Å². The Morgan fingerprint density at radius 3 is 2.63 bits per heavy atom. The van der Waals surface area contributed by atoms with Gasteiger partial charge in [0.25, 0.3) is 0 Å². The van der Waals surface area contributed by atoms with Crippen LogP contribution < -0.4 is 5.32 Å². The second kappa shape index (κ2) is 6.31. The minimum absolute atomic E-state index is 0.226. The average molecular weight is 269 g/mol. The maximum absolute atomic E-state index is 11.7. The number of carboxylic acid groups (broad SMARTS) is 1. The molecule has 2 N–H and O–H groups in total. The SMILES string of the molecule is CCC(C)(NC(=O)CCCc1nc(C)no1)C(=O)O. The Balaban J connectivity index is 2.37. The summed E-state index contributed by atoms with van der Waals surface area (Å²) in [5.74, 6) is -0.274. The lowest BCUT2D eigenvalue weighted by Crippen LogP contribution is -2.51. The topological polar surface area (TPSA) is 105 Å². The molecule has 0 bridgehead atoms. The first kappa shape index (κ1) is 15.1. The number of hydrogen-bond acceptors (Lipinski definition) is 5. The summed E-state index contributed by atoms with van der Waals surface area (Å²) in [6, 6.07) is 0. The van der Waals surface area contributed by atoms with Gasteiger partial charge < -0.3 is 14.9 Å². The van der Waals surface area contributed by atoms with E-state index < -0.39 is 11.5 Å². The molecule has 0 spiro atoms. The molecule has 1 rings (SSSR count). The number of amides is 1. The molecule has 0 radical (unpaired) electrons. The number of rotatable bonds is 7. The van der Waals surface area contributed by atoms with Crippen molar-refractivity contribution in [3.63, 3.8) is 0 Å². The van der Waals surface area contributed by atoms with E-state index in [0.29, 0.717) is 31.0 Å². The van der Waals surface area contributed by atoms with Crippen molar-refractivity contribution in [3.05, 3.63) is 11.7 Å². The van der Waals surface area contributed by atoms with Gasteiger partial charge in [0, 0.05) is 12.8 Å². The van der Waals surface area contributed by atoms with Crippen molar-refractivity contribution in [1.82, 2.24) is 15.5 Å². The number of hydrogen-bond donors (Lipinski definition) is 2. The summed E-state index contributed by atoms with van der Waals surface area (Å²) in [7, 11) is 0. The molecule has 1 atom stereocenters. The number of aliphatic carboxylic acids is 1. The van der Waals surface area contributed by atoms with Gasteiger partial charge in [-0.25, -0.2) is 4.79 Å². The summed E-state index contributed by atoms with van der Waals surface area (Å²) in [4.78, 5) is 26.7. The van der Waals surface area contributed by atoms with Crippen LogP contribution in [-0.4, -0.2) is 32.7 Å². The molecular weight excluding hydrogens is 250 g/mol. The molecule has 0 aliphatic carbocycles. The van der Waals surface area contributed by atoms with E-state index >= 15 is 0 Å². The maximum Gasteiger partial charge on any atom is 0.329 e. The fraction of sp³-hybridized carbons (Fsp3) is 0.667. The van der Waals surface area contributed by atoms with Gasteiger partial charge in [0.05, 0.1) is 0 Å². The zero-order valence-electron chi connectivity index (χ0n) is 11.4. The summed E-state index contributed by atoms with van der Waals surface area (Å²) >= 11 is 0. The maximum atomic E-state index is 11.7. The van der Waals surface area contributed by atoms with Crippen molar-refractivity contribution in [2.24, 2.45) is 0 Å². The molecule has 0 aliphatic heterocycles. The normalized spacial score (nSPS) is 13.8. The molecule has 1 aromatic rings. The Morgan fingerprint density at radius 2 is 2.16 bits per heavy atom. The van der Waals surface area contributed by atoms with E-state index in [1.807, 2.05) is 0 Å². The molecule has 7 heteroatoms. The Bertz CT molecular complexity index is 458. The number of nitrogens with one attached hydrogen (secondary N) is 1. The first-order valence-corrected chi connectivity index (χ1v) is 6.21. The summed E-state index contributed by atoms with van der Waals surface area (Å²) in [6.45, 7) is 4.93. The number of carbonyl (C=O) groups is 2.